The molecule has 0 aliphatic carbocycles. The highest BCUT2D eigenvalue weighted by molar-refractivity contribution is 5.51. The van der Waals surface area contributed by atoms with Crippen LogP contribution in [0.25, 0.3) is 0 Å². The molecule has 0 spiro atoms. The van der Waals surface area contributed by atoms with Crippen molar-refractivity contribution in [2.45, 2.75) is 26.7 Å². The minimum Gasteiger partial charge on any atom is -0.302 e. The lowest BCUT2D eigenvalue weighted by Crippen LogP contribution is -2.20. The van der Waals surface area contributed by atoms with Gasteiger partial charge >= 0.3 is 0 Å². The molecule has 10 heavy (non-hydrogen) atoms. The lowest BCUT2D eigenvalue weighted by molar-refractivity contribution is -0.108. The Kier molecular flexibility index (Phi) is 6.50. The molecule has 0 saturated carbocycles. The first-order chi connectivity index (χ1) is 4.93. The van der Waals surface area contributed by atoms with Crippen molar-refractivity contribution in [2.75, 3.05) is 19.6 Å². The summed E-state index contributed by atoms with van der Waals surface area (Å²) in [7, 11) is 0. The molecule has 0 N–H and O–H groups in total. The van der Waals surface area contributed by atoms with Crippen molar-refractivity contribution in [3.63, 3.8) is 0 Å². The van der Waals surface area contributed by atoms with Crippen molar-refractivity contribution < 1.29 is 4.79 Å². The number of carbonyl (C=O) groups is 1. The molecule has 2 nitrogen and oxygen atoms in total. The smallest absolute Gasteiger partial charge is 0.133 e. The molecule has 60 valence electrons. The maximum absolute atomic E-state index is 9.92. The molecule has 0 radical (unpaired) electrons. The van der Waals surface area contributed by atoms with Gasteiger partial charge in [-0.2, -0.15) is 0 Å². The van der Waals surface area contributed by atoms with Gasteiger partial charge in [-0.3, -0.25) is 4.90 Å². The number of nitrogens with zero attached hydrogens (tertiary/aromatic N) is 1. The third-order valence-electron chi connectivity index (χ3n) is 1.53. The third kappa shape index (κ3) is 3.62. The molecule has 1 heterocycles. The van der Waals surface area contributed by atoms with E-state index >= 15 is 0 Å². The van der Waals surface area contributed by atoms with Crippen LogP contribution in [0.5, 0.6) is 0 Å². The fraction of sp³-hybridized carbons (Fsp3) is 0.875. The van der Waals surface area contributed by atoms with E-state index in [9.17, 15) is 4.79 Å². The maximum Gasteiger partial charge on any atom is 0.133 e. The molecule has 0 bridgehead atoms. The second kappa shape index (κ2) is 6.75. The number of hydrogen-bond acceptors (Lipinski definition) is 2. The number of hydrogen-bond donors (Lipinski definition) is 0. The minimum atomic E-state index is 0.639. The summed E-state index contributed by atoms with van der Waals surface area (Å²) >= 11 is 0. The Labute approximate surface area is 63.2 Å². The van der Waals surface area contributed by atoms with Crippen LogP contribution >= 0.6 is 0 Å². The van der Waals surface area contributed by atoms with Gasteiger partial charge in [-0.25, -0.2) is 0 Å². The maximum atomic E-state index is 9.92. The van der Waals surface area contributed by atoms with Gasteiger partial charge in [-0.1, -0.05) is 13.8 Å². The molecule has 1 saturated heterocycles. The van der Waals surface area contributed by atoms with Crippen molar-refractivity contribution in [3.8, 4) is 0 Å². The Bertz CT molecular complexity index is 77.3. The standard InChI is InChI=1S/C6H11NO.C2H6/c8-6-5-7-3-1-2-4-7;1-2/h6H,1-5H2;1-2H3. The quantitative estimate of drug-likeness (QED) is 0.543. The van der Waals surface area contributed by atoms with E-state index < -0.39 is 0 Å². The highest BCUT2D eigenvalue weighted by Crippen LogP contribution is 2.04. The van der Waals surface area contributed by atoms with E-state index in [0.29, 0.717) is 6.54 Å². The number of likely N-dealkylation sites (tertiary alicyclic amines) is 1. The zero-order valence-electron chi connectivity index (χ0n) is 6.97. The zero-order chi connectivity index (χ0) is 7.82. The van der Waals surface area contributed by atoms with Crippen molar-refractivity contribution in [2.24, 2.45) is 0 Å². The van der Waals surface area contributed by atoms with Gasteiger partial charge in [0.25, 0.3) is 0 Å². The lowest BCUT2D eigenvalue weighted by atomic mass is 10.4. The Morgan fingerprint density at radius 2 is 1.80 bits per heavy atom. The van der Waals surface area contributed by atoms with Gasteiger partial charge in [0.1, 0.15) is 6.29 Å². The first kappa shape index (κ1) is 9.63. The Hall–Kier alpha value is -0.370. The normalized spacial score (nSPS) is 17.8. The van der Waals surface area contributed by atoms with Gasteiger partial charge in [-0.15, -0.1) is 0 Å². The summed E-state index contributed by atoms with van der Waals surface area (Å²) in [5, 5.41) is 0. The molecule has 0 unspecified atom stereocenters. The summed E-state index contributed by atoms with van der Waals surface area (Å²) in [5.74, 6) is 0. The van der Waals surface area contributed by atoms with E-state index in [1.807, 2.05) is 13.8 Å². The van der Waals surface area contributed by atoms with Crippen molar-refractivity contribution in [1.29, 1.82) is 0 Å². The predicted octanol–water partition coefficient (Wildman–Crippen LogP) is 1.31. The van der Waals surface area contributed by atoms with E-state index in [0.717, 1.165) is 19.4 Å². The summed E-state index contributed by atoms with van der Waals surface area (Å²) in [5.41, 5.74) is 0. The number of carbonyl (C=O) groups excluding carboxylic acids is 1. The van der Waals surface area contributed by atoms with Gasteiger partial charge < -0.3 is 4.79 Å². The van der Waals surface area contributed by atoms with E-state index in [4.69, 9.17) is 0 Å². The Balaban J connectivity index is 0.000000371. The molecule has 0 atom stereocenters. The summed E-state index contributed by atoms with van der Waals surface area (Å²) < 4.78 is 0. The fourth-order valence-corrected chi connectivity index (χ4v) is 1.07. The van der Waals surface area contributed by atoms with Crippen LogP contribution in [-0.2, 0) is 4.79 Å². The molecule has 1 aliphatic rings. The van der Waals surface area contributed by atoms with Gasteiger partial charge in [0.2, 0.25) is 0 Å². The monoisotopic (exact) mass is 143 g/mol. The fourth-order valence-electron chi connectivity index (χ4n) is 1.07. The highest BCUT2D eigenvalue weighted by Gasteiger charge is 2.08. The average Bonchev–Trinajstić information content (AvgIpc) is 2.46. The lowest BCUT2D eigenvalue weighted by Gasteiger charge is -2.07. The molecule has 0 amide bonds. The summed E-state index contributed by atoms with van der Waals surface area (Å²) in [6.07, 6.45) is 3.52. The van der Waals surface area contributed by atoms with Crippen molar-refractivity contribution >= 4 is 6.29 Å². The van der Waals surface area contributed by atoms with Crippen LogP contribution in [0.3, 0.4) is 0 Å². The molecule has 2 heteroatoms. The van der Waals surface area contributed by atoms with E-state index in [2.05, 4.69) is 4.90 Å². The number of aldehydes is 1. The molecule has 0 aromatic rings. The zero-order valence-corrected chi connectivity index (χ0v) is 6.97. The highest BCUT2D eigenvalue weighted by atomic mass is 16.1. The molecule has 1 aliphatic heterocycles. The van der Waals surface area contributed by atoms with Crippen molar-refractivity contribution in [3.05, 3.63) is 0 Å². The van der Waals surface area contributed by atoms with Crippen molar-refractivity contribution in [1.82, 2.24) is 4.90 Å². The van der Waals surface area contributed by atoms with Gasteiger partial charge in [-0.05, 0) is 25.9 Å². The van der Waals surface area contributed by atoms with Crippen LogP contribution in [0.15, 0.2) is 0 Å². The van der Waals surface area contributed by atoms with Gasteiger partial charge in [0.05, 0.1) is 6.54 Å². The molecule has 0 aromatic heterocycles. The second-order valence-electron chi connectivity index (χ2n) is 2.17. The third-order valence-corrected chi connectivity index (χ3v) is 1.53. The minimum absolute atomic E-state index is 0.639. The van der Waals surface area contributed by atoms with E-state index in [-0.39, 0.29) is 0 Å². The number of rotatable bonds is 2. The largest absolute Gasteiger partial charge is 0.302 e. The van der Waals surface area contributed by atoms with Gasteiger partial charge in [0.15, 0.2) is 0 Å². The molecule has 0 aromatic carbocycles. The van der Waals surface area contributed by atoms with Crippen LogP contribution in [-0.4, -0.2) is 30.8 Å². The topological polar surface area (TPSA) is 20.3 Å². The van der Waals surface area contributed by atoms with Crippen LogP contribution in [0.1, 0.15) is 26.7 Å². The van der Waals surface area contributed by atoms with Crippen LogP contribution in [0, 0.1) is 0 Å². The van der Waals surface area contributed by atoms with E-state index in [1.165, 1.54) is 12.8 Å². The van der Waals surface area contributed by atoms with E-state index in [1.54, 1.807) is 0 Å². The first-order valence-corrected chi connectivity index (χ1v) is 4.09. The summed E-state index contributed by atoms with van der Waals surface area (Å²) in [6, 6.07) is 0. The molecule has 1 rings (SSSR count). The van der Waals surface area contributed by atoms with Crippen LogP contribution in [0.2, 0.25) is 0 Å². The Morgan fingerprint density at radius 1 is 1.30 bits per heavy atom. The van der Waals surface area contributed by atoms with Crippen LogP contribution < -0.4 is 0 Å². The molecule has 1 fully saturated rings. The average molecular weight is 143 g/mol. The SMILES string of the molecule is CC.O=CCN1CCCC1. The van der Waals surface area contributed by atoms with Gasteiger partial charge in [0, 0.05) is 0 Å². The molecular weight excluding hydrogens is 126 g/mol. The summed E-state index contributed by atoms with van der Waals surface area (Å²) in [4.78, 5) is 12.1. The summed E-state index contributed by atoms with van der Waals surface area (Å²) in [6.45, 7) is 6.89. The predicted molar refractivity (Wildman–Crippen MR) is 43.1 cm³/mol. The van der Waals surface area contributed by atoms with Crippen LogP contribution in [0.4, 0.5) is 0 Å². The first-order valence-electron chi connectivity index (χ1n) is 4.09. The Morgan fingerprint density at radius 3 is 2.20 bits per heavy atom. The second-order valence-corrected chi connectivity index (χ2v) is 2.17. The molecular formula is C8H17NO.